The topological polar surface area (TPSA) is 115 Å². The highest BCUT2D eigenvalue weighted by Crippen LogP contribution is 2.16. The number of anilines is 2. The number of carbonyl (C=O) groups is 2. The Labute approximate surface area is 138 Å². The number of aromatic amines is 1. The number of nitrogens with zero attached hydrogens (tertiary/aromatic N) is 4. The van der Waals surface area contributed by atoms with E-state index in [0.29, 0.717) is 17.9 Å². The minimum Gasteiger partial charge on any atom is -0.286 e. The van der Waals surface area contributed by atoms with Crippen molar-refractivity contribution in [1.29, 1.82) is 0 Å². The maximum Gasteiger partial charge on any atom is 0.294 e. The molecule has 1 aromatic carbocycles. The maximum atomic E-state index is 12.4. The predicted octanol–water partition coefficient (Wildman–Crippen LogP) is 0.644. The van der Waals surface area contributed by atoms with E-state index < -0.39 is 11.9 Å². The van der Waals surface area contributed by atoms with Gasteiger partial charge in [0.15, 0.2) is 0 Å². The average molecular weight is 327 g/mol. The van der Waals surface area contributed by atoms with Crippen LogP contribution in [0.3, 0.4) is 0 Å². The van der Waals surface area contributed by atoms with Crippen LogP contribution in [-0.2, 0) is 16.0 Å². The summed E-state index contributed by atoms with van der Waals surface area (Å²) >= 11 is 0. The Bertz CT molecular complexity index is 784. The number of aromatic nitrogens is 3. The molecule has 9 heteroatoms. The fourth-order valence-electron chi connectivity index (χ4n) is 2.17. The van der Waals surface area contributed by atoms with Crippen LogP contribution in [0.2, 0.25) is 0 Å². The van der Waals surface area contributed by atoms with Crippen LogP contribution in [0.25, 0.3) is 0 Å². The first-order chi connectivity index (χ1) is 11.6. The van der Waals surface area contributed by atoms with Gasteiger partial charge in [-0.1, -0.05) is 25.1 Å². The van der Waals surface area contributed by atoms with Crippen molar-refractivity contribution in [2.45, 2.75) is 26.3 Å². The lowest BCUT2D eigenvalue weighted by Gasteiger charge is -2.30. The molecule has 0 bridgehead atoms. The van der Waals surface area contributed by atoms with E-state index in [2.05, 4.69) is 30.9 Å². The number of aryl methyl sites for hydroxylation is 1. The maximum absolute atomic E-state index is 12.4. The van der Waals surface area contributed by atoms with Crippen LogP contribution in [0.15, 0.2) is 35.3 Å². The molecule has 0 saturated carbocycles. The fourth-order valence-corrected chi connectivity index (χ4v) is 2.17. The van der Waals surface area contributed by atoms with Gasteiger partial charge in [-0.2, -0.15) is 4.98 Å². The number of hydrogen-bond acceptors (Lipinski definition) is 6. The summed E-state index contributed by atoms with van der Waals surface area (Å²) in [6.45, 7) is 3.55. The lowest BCUT2D eigenvalue weighted by molar-refractivity contribution is -0.120. The van der Waals surface area contributed by atoms with Crippen molar-refractivity contribution in [1.82, 2.24) is 20.6 Å². The van der Waals surface area contributed by atoms with Crippen molar-refractivity contribution in [3.8, 4) is 0 Å². The van der Waals surface area contributed by atoms with Crippen molar-refractivity contribution in [3.63, 3.8) is 0 Å². The second-order valence-electron chi connectivity index (χ2n) is 5.19. The SMILES string of the molecule is CCc1nc(NC(=O)C2=N[C@@H](C)C(=O)N(c3ccccc3)N2)n[nH]1. The third-order valence-corrected chi connectivity index (χ3v) is 3.44. The number of hydrazine groups is 1. The number of H-pyrrole nitrogens is 1. The van der Waals surface area contributed by atoms with Crippen molar-refractivity contribution in [3.05, 3.63) is 36.2 Å². The minimum absolute atomic E-state index is 0.0220. The van der Waals surface area contributed by atoms with E-state index in [-0.39, 0.29) is 17.7 Å². The van der Waals surface area contributed by atoms with Gasteiger partial charge in [-0.3, -0.25) is 25.4 Å². The Morgan fingerprint density at radius 1 is 1.33 bits per heavy atom. The average Bonchev–Trinajstić information content (AvgIpc) is 3.05. The molecule has 0 aliphatic carbocycles. The lowest BCUT2D eigenvalue weighted by atomic mass is 10.2. The summed E-state index contributed by atoms with van der Waals surface area (Å²) in [5.41, 5.74) is 3.37. The molecule has 124 valence electrons. The van der Waals surface area contributed by atoms with Crippen LogP contribution < -0.4 is 15.8 Å². The van der Waals surface area contributed by atoms with Gasteiger partial charge in [-0.05, 0) is 19.1 Å². The van der Waals surface area contributed by atoms with Crippen molar-refractivity contribution in [2.75, 3.05) is 10.3 Å². The van der Waals surface area contributed by atoms with Gasteiger partial charge in [0.1, 0.15) is 11.9 Å². The standard InChI is InChI=1S/C15H17N7O2/c1-3-11-17-15(20-19-11)18-13(23)12-16-9(2)14(24)22(21-12)10-7-5-4-6-8-10/h4-9H,3H2,1-2H3,(H,16,21)(H2,17,18,19,20,23)/t9-/m0/s1. The minimum atomic E-state index is -0.675. The zero-order chi connectivity index (χ0) is 17.1. The summed E-state index contributed by atoms with van der Waals surface area (Å²) in [5.74, 6) is 0.0881. The summed E-state index contributed by atoms with van der Waals surface area (Å²) in [5, 5.41) is 10.5. The molecule has 1 atom stereocenters. The van der Waals surface area contributed by atoms with Gasteiger partial charge in [0, 0.05) is 6.42 Å². The Morgan fingerprint density at radius 3 is 2.75 bits per heavy atom. The van der Waals surface area contributed by atoms with E-state index in [1.807, 2.05) is 13.0 Å². The molecule has 3 rings (SSSR count). The molecule has 2 heterocycles. The van der Waals surface area contributed by atoms with Crippen LogP contribution in [0.4, 0.5) is 11.6 Å². The van der Waals surface area contributed by atoms with Gasteiger partial charge in [0.05, 0.1) is 5.69 Å². The summed E-state index contributed by atoms with van der Waals surface area (Å²) < 4.78 is 0. The van der Waals surface area contributed by atoms with Gasteiger partial charge in [-0.25, -0.2) is 10.0 Å². The normalized spacial score (nSPS) is 17.2. The summed E-state index contributed by atoms with van der Waals surface area (Å²) in [7, 11) is 0. The molecule has 0 spiro atoms. The zero-order valence-electron chi connectivity index (χ0n) is 13.3. The predicted molar refractivity (Wildman–Crippen MR) is 88.4 cm³/mol. The van der Waals surface area contributed by atoms with E-state index in [1.54, 1.807) is 31.2 Å². The molecule has 24 heavy (non-hydrogen) atoms. The summed E-state index contributed by atoms with van der Waals surface area (Å²) in [6, 6.07) is 8.31. The molecular formula is C15H17N7O2. The smallest absolute Gasteiger partial charge is 0.286 e. The van der Waals surface area contributed by atoms with Crippen LogP contribution in [0, 0.1) is 0 Å². The van der Waals surface area contributed by atoms with Crippen molar-refractivity contribution < 1.29 is 9.59 Å². The second kappa shape index (κ2) is 6.49. The first kappa shape index (κ1) is 15.7. The number of amides is 2. The number of rotatable bonds is 4. The molecule has 2 amide bonds. The Morgan fingerprint density at radius 2 is 2.08 bits per heavy atom. The molecule has 2 aromatic rings. The molecule has 0 radical (unpaired) electrons. The fraction of sp³-hybridized carbons (Fsp3) is 0.267. The van der Waals surface area contributed by atoms with E-state index in [1.165, 1.54) is 5.01 Å². The number of amidine groups is 1. The van der Waals surface area contributed by atoms with Gasteiger partial charge in [0.2, 0.25) is 11.8 Å². The Balaban J connectivity index is 1.78. The summed E-state index contributed by atoms with van der Waals surface area (Å²) in [6.07, 6.45) is 0.676. The Hall–Kier alpha value is -3.23. The van der Waals surface area contributed by atoms with E-state index in [4.69, 9.17) is 0 Å². The quantitative estimate of drug-likeness (QED) is 0.762. The number of para-hydroxylation sites is 1. The Kier molecular flexibility index (Phi) is 4.23. The zero-order valence-corrected chi connectivity index (χ0v) is 13.3. The van der Waals surface area contributed by atoms with E-state index in [9.17, 15) is 9.59 Å². The molecule has 1 aliphatic rings. The second-order valence-corrected chi connectivity index (χ2v) is 5.19. The van der Waals surface area contributed by atoms with Crippen LogP contribution >= 0.6 is 0 Å². The molecular weight excluding hydrogens is 310 g/mol. The highest BCUT2D eigenvalue weighted by atomic mass is 16.2. The molecule has 0 unspecified atom stereocenters. The van der Waals surface area contributed by atoms with E-state index >= 15 is 0 Å². The van der Waals surface area contributed by atoms with Crippen LogP contribution in [0.5, 0.6) is 0 Å². The number of carbonyl (C=O) groups excluding carboxylic acids is 2. The van der Waals surface area contributed by atoms with E-state index in [0.717, 1.165) is 0 Å². The molecule has 9 nitrogen and oxygen atoms in total. The highest BCUT2D eigenvalue weighted by molar-refractivity contribution is 6.43. The van der Waals surface area contributed by atoms with Crippen LogP contribution in [0.1, 0.15) is 19.7 Å². The lowest BCUT2D eigenvalue weighted by Crippen LogP contribution is -2.57. The largest absolute Gasteiger partial charge is 0.294 e. The van der Waals surface area contributed by atoms with Crippen LogP contribution in [-0.4, -0.2) is 38.9 Å². The molecule has 1 aliphatic heterocycles. The molecule has 1 aromatic heterocycles. The van der Waals surface area contributed by atoms with Gasteiger partial charge >= 0.3 is 0 Å². The third kappa shape index (κ3) is 3.09. The number of nitrogens with one attached hydrogen (secondary N) is 3. The first-order valence-corrected chi connectivity index (χ1v) is 7.54. The van der Waals surface area contributed by atoms with Gasteiger partial charge < -0.3 is 0 Å². The molecule has 0 saturated heterocycles. The number of aliphatic imine (C=N–C) groups is 1. The summed E-state index contributed by atoms with van der Waals surface area (Å²) in [4.78, 5) is 32.9. The first-order valence-electron chi connectivity index (χ1n) is 7.54. The monoisotopic (exact) mass is 327 g/mol. The van der Waals surface area contributed by atoms with Gasteiger partial charge in [-0.15, -0.1) is 5.10 Å². The molecule has 3 N–H and O–H groups in total. The van der Waals surface area contributed by atoms with Crippen molar-refractivity contribution >= 4 is 29.3 Å². The molecule has 0 fully saturated rings. The van der Waals surface area contributed by atoms with Crippen molar-refractivity contribution in [2.24, 2.45) is 4.99 Å². The third-order valence-electron chi connectivity index (χ3n) is 3.44. The van der Waals surface area contributed by atoms with Gasteiger partial charge in [0.25, 0.3) is 11.8 Å². The number of benzene rings is 1. The highest BCUT2D eigenvalue weighted by Gasteiger charge is 2.31. The number of hydrogen-bond donors (Lipinski definition) is 3.